The van der Waals surface area contributed by atoms with Crippen LogP contribution in [0.15, 0.2) is 51.1 Å². The van der Waals surface area contributed by atoms with Gasteiger partial charge in [0.1, 0.15) is 5.60 Å². The van der Waals surface area contributed by atoms with Crippen LogP contribution in [0, 0.1) is 0 Å². The van der Waals surface area contributed by atoms with E-state index >= 15 is 0 Å². The molecule has 0 unspecified atom stereocenters. The molecule has 0 aliphatic rings. The molecule has 0 spiro atoms. The Balaban J connectivity index is 2.04. The lowest BCUT2D eigenvalue weighted by molar-refractivity contribution is 0.0529. The lowest BCUT2D eigenvalue weighted by Gasteiger charge is -2.20. The van der Waals surface area contributed by atoms with Gasteiger partial charge in [-0.1, -0.05) is 12.1 Å². The van der Waals surface area contributed by atoms with Crippen molar-refractivity contribution in [1.82, 2.24) is 9.55 Å². The fourth-order valence-electron chi connectivity index (χ4n) is 2.10. The van der Waals surface area contributed by atoms with Crippen LogP contribution in [0.25, 0.3) is 11.0 Å². The minimum Gasteiger partial charge on any atom is -0.447 e. The Hall–Kier alpha value is -2.54. The molecule has 0 amide bonds. The van der Waals surface area contributed by atoms with Crippen molar-refractivity contribution >= 4 is 35.2 Å². The number of ether oxygens (including phenoxy) is 1. The molecule has 3 rings (SSSR count). The Labute approximate surface area is 142 Å². The smallest absolute Gasteiger partial charge is 0.421 e. The first-order valence-electron chi connectivity index (χ1n) is 7.31. The number of furan rings is 1. The van der Waals surface area contributed by atoms with Gasteiger partial charge >= 0.3 is 6.09 Å². The molecule has 0 aliphatic carbocycles. The Kier molecular flexibility index (Phi) is 4.19. The molecule has 0 saturated carbocycles. The number of hydrogen-bond acceptors (Lipinski definition) is 6. The van der Waals surface area contributed by atoms with Crippen molar-refractivity contribution in [3.63, 3.8) is 0 Å². The molecule has 0 atom stereocenters. The van der Waals surface area contributed by atoms with Crippen LogP contribution >= 0.6 is 11.8 Å². The van der Waals surface area contributed by atoms with E-state index in [0.717, 1.165) is 11.8 Å². The maximum atomic E-state index is 12.6. The normalized spacial score (nSPS) is 11.6. The van der Waals surface area contributed by atoms with Gasteiger partial charge in [-0.05, 0) is 56.8 Å². The fraction of sp³-hybridized carbons (Fsp3) is 0.235. The van der Waals surface area contributed by atoms with E-state index in [1.165, 1.54) is 4.57 Å². The number of imidazole rings is 1. The number of aromatic nitrogens is 2. The van der Waals surface area contributed by atoms with Crippen LogP contribution in [0.2, 0.25) is 0 Å². The topological polar surface area (TPSA) is 74.3 Å². The summed E-state index contributed by atoms with van der Waals surface area (Å²) in [5, 5.41) is 0.884. The van der Waals surface area contributed by atoms with Crippen LogP contribution in [-0.4, -0.2) is 27.5 Å². The second-order valence-electron chi connectivity index (χ2n) is 6.08. The van der Waals surface area contributed by atoms with Crippen molar-refractivity contribution in [2.24, 2.45) is 0 Å². The second-order valence-corrected chi connectivity index (χ2v) is 7.05. The maximum absolute atomic E-state index is 12.6. The number of aldehydes is 1. The summed E-state index contributed by atoms with van der Waals surface area (Å²) < 4.78 is 12.2. The molecule has 0 saturated heterocycles. The van der Waals surface area contributed by atoms with Crippen LogP contribution in [-0.2, 0) is 4.74 Å². The van der Waals surface area contributed by atoms with Gasteiger partial charge in [0.2, 0.25) is 0 Å². The molecule has 0 aliphatic heterocycles. The molecule has 0 N–H and O–H groups in total. The Morgan fingerprint density at radius 2 is 2.00 bits per heavy atom. The Morgan fingerprint density at radius 3 is 2.67 bits per heavy atom. The van der Waals surface area contributed by atoms with Gasteiger partial charge in [0.25, 0.3) is 0 Å². The number of carbonyl (C=O) groups is 2. The predicted molar refractivity (Wildman–Crippen MR) is 89.6 cm³/mol. The SMILES string of the molecule is CC(C)(C)OC(=O)n1c(Sc2ccc(C=O)o2)nc2ccccc21. The summed E-state index contributed by atoms with van der Waals surface area (Å²) in [6.07, 6.45) is 0.113. The van der Waals surface area contributed by atoms with Gasteiger partial charge in [-0.15, -0.1) is 0 Å². The molecule has 2 aromatic heterocycles. The van der Waals surface area contributed by atoms with Gasteiger partial charge in [-0.25, -0.2) is 14.3 Å². The molecular formula is C17H16N2O4S. The number of benzene rings is 1. The minimum absolute atomic E-state index is 0.220. The quantitative estimate of drug-likeness (QED) is 0.657. The van der Waals surface area contributed by atoms with Crippen LogP contribution < -0.4 is 0 Å². The molecule has 6 nitrogen and oxygen atoms in total. The highest BCUT2D eigenvalue weighted by Gasteiger charge is 2.24. The van der Waals surface area contributed by atoms with Gasteiger partial charge in [0, 0.05) is 0 Å². The number of nitrogens with zero attached hydrogens (tertiary/aromatic N) is 2. The van der Waals surface area contributed by atoms with Crippen LogP contribution in [0.3, 0.4) is 0 Å². The van der Waals surface area contributed by atoms with E-state index in [0.29, 0.717) is 27.6 Å². The Morgan fingerprint density at radius 1 is 1.25 bits per heavy atom. The molecule has 124 valence electrons. The lowest BCUT2D eigenvalue weighted by atomic mass is 10.2. The molecule has 0 bridgehead atoms. The third kappa shape index (κ3) is 3.35. The van der Waals surface area contributed by atoms with E-state index in [9.17, 15) is 9.59 Å². The zero-order chi connectivity index (χ0) is 17.3. The summed E-state index contributed by atoms with van der Waals surface area (Å²) in [6, 6.07) is 10.5. The average Bonchev–Trinajstić information content (AvgIpc) is 3.09. The van der Waals surface area contributed by atoms with Crippen molar-refractivity contribution in [1.29, 1.82) is 0 Å². The van der Waals surface area contributed by atoms with Crippen molar-refractivity contribution < 1.29 is 18.7 Å². The van der Waals surface area contributed by atoms with Crippen molar-refractivity contribution in [2.45, 2.75) is 36.6 Å². The summed E-state index contributed by atoms with van der Waals surface area (Å²) in [5.41, 5.74) is 0.698. The zero-order valence-electron chi connectivity index (χ0n) is 13.5. The van der Waals surface area contributed by atoms with E-state index in [1.807, 2.05) is 18.2 Å². The zero-order valence-corrected chi connectivity index (χ0v) is 14.3. The second kappa shape index (κ2) is 6.16. The van der Waals surface area contributed by atoms with E-state index in [-0.39, 0.29) is 5.76 Å². The number of fused-ring (bicyclic) bond motifs is 1. The minimum atomic E-state index is -0.625. The standard InChI is InChI=1S/C17H16N2O4S/c1-17(2,3)23-16(21)19-13-7-5-4-6-12(13)18-15(19)24-14-9-8-11(10-20)22-14/h4-10H,1-3H3. The average molecular weight is 344 g/mol. The molecule has 24 heavy (non-hydrogen) atoms. The summed E-state index contributed by atoms with van der Waals surface area (Å²) >= 11 is 1.16. The monoisotopic (exact) mass is 344 g/mol. The van der Waals surface area contributed by atoms with Gasteiger partial charge in [0.15, 0.2) is 22.3 Å². The lowest BCUT2D eigenvalue weighted by Crippen LogP contribution is -2.27. The fourth-order valence-corrected chi connectivity index (χ4v) is 2.96. The third-order valence-corrected chi connectivity index (χ3v) is 3.89. The van der Waals surface area contributed by atoms with Gasteiger partial charge < -0.3 is 9.15 Å². The van der Waals surface area contributed by atoms with Crippen molar-refractivity contribution in [3.8, 4) is 0 Å². The largest absolute Gasteiger partial charge is 0.447 e. The van der Waals surface area contributed by atoms with E-state index in [1.54, 1.807) is 39.0 Å². The first kappa shape index (κ1) is 16.3. The van der Waals surface area contributed by atoms with Crippen LogP contribution in [0.5, 0.6) is 0 Å². The van der Waals surface area contributed by atoms with Gasteiger partial charge in [0.05, 0.1) is 11.0 Å². The molecule has 1 aromatic carbocycles. The van der Waals surface area contributed by atoms with Crippen LogP contribution in [0.1, 0.15) is 31.3 Å². The predicted octanol–water partition coefficient (Wildman–Crippen LogP) is 4.38. The number of para-hydroxylation sites is 2. The van der Waals surface area contributed by atoms with Crippen molar-refractivity contribution in [2.75, 3.05) is 0 Å². The summed E-state index contributed by atoms with van der Waals surface area (Å²) in [5.74, 6) is 0.220. The highest BCUT2D eigenvalue weighted by molar-refractivity contribution is 7.99. The molecule has 7 heteroatoms. The molecular weight excluding hydrogens is 328 g/mol. The summed E-state index contributed by atoms with van der Waals surface area (Å²) in [4.78, 5) is 27.8. The Bertz CT molecular complexity index is 905. The van der Waals surface area contributed by atoms with E-state index < -0.39 is 11.7 Å². The molecule has 0 fully saturated rings. The molecule has 3 aromatic rings. The highest BCUT2D eigenvalue weighted by Crippen LogP contribution is 2.31. The van der Waals surface area contributed by atoms with Crippen molar-refractivity contribution in [3.05, 3.63) is 42.2 Å². The van der Waals surface area contributed by atoms with E-state index in [2.05, 4.69) is 4.98 Å². The third-order valence-electron chi connectivity index (χ3n) is 3.02. The highest BCUT2D eigenvalue weighted by atomic mass is 32.2. The number of hydrogen-bond donors (Lipinski definition) is 0. The van der Waals surface area contributed by atoms with Gasteiger partial charge in [-0.2, -0.15) is 0 Å². The maximum Gasteiger partial charge on any atom is 0.421 e. The molecule has 0 radical (unpaired) electrons. The molecule has 2 heterocycles. The summed E-state index contributed by atoms with van der Waals surface area (Å²) in [6.45, 7) is 5.42. The van der Waals surface area contributed by atoms with E-state index in [4.69, 9.17) is 9.15 Å². The van der Waals surface area contributed by atoms with Crippen LogP contribution in [0.4, 0.5) is 4.79 Å². The first-order chi connectivity index (χ1) is 11.4. The summed E-state index contributed by atoms with van der Waals surface area (Å²) in [7, 11) is 0. The number of rotatable bonds is 3. The first-order valence-corrected chi connectivity index (χ1v) is 8.13. The van der Waals surface area contributed by atoms with Gasteiger partial charge in [-0.3, -0.25) is 4.79 Å². The number of carbonyl (C=O) groups excluding carboxylic acids is 2.